The molecule has 0 unspecified atom stereocenters. The molecule has 0 aromatic heterocycles. The zero-order valence-electron chi connectivity index (χ0n) is 19.7. The van der Waals surface area contributed by atoms with Crippen molar-refractivity contribution in [1.29, 1.82) is 0 Å². The monoisotopic (exact) mass is 594 g/mol. The Kier molecular flexibility index (Phi) is 8.13. The molecular formula is C28H20BrFN2O5S. The van der Waals surface area contributed by atoms with Gasteiger partial charge in [-0.1, -0.05) is 30.3 Å². The Morgan fingerprint density at radius 1 is 1.16 bits per heavy atom. The largest absolute Gasteiger partial charge is 0.487 e. The molecule has 1 aliphatic heterocycles. The van der Waals surface area contributed by atoms with Gasteiger partial charge in [0, 0.05) is 0 Å². The number of hydrogen-bond acceptors (Lipinski definition) is 5. The zero-order chi connectivity index (χ0) is 27.4. The molecule has 1 aliphatic rings. The number of nitrogens with zero attached hydrogens (tertiary/aromatic N) is 1. The smallest absolute Gasteiger partial charge is 0.335 e. The average Bonchev–Trinajstić information content (AvgIpc) is 2.87. The summed E-state index contributed by atoms with van der Waals surface area (Å²) in [7, 11) is 0. The number of carboxylic acids is 1. The van der Waals surface area contributed by atoms with E-state index in [2.05, 4.69) is 27.8 Å². The molecule has 0 atom stereocenters. The number of aromatic carboxylic acids is 1. The number of rotatable bonds is 8. The molecule has 3 aromatic rings. The molecule has 1 heterocycles. The Bertz CT molecular complexity index is 1500. The summed E-state index contributed by atoms with van der Waals surface area (Å²) in [5, 5.41) is 11.3. The summed E-state index contributed by atoms with van der Waals surface area (Å²) in [5.41, 5.74) is 1.91. The number of carbonyl (C=O) groups is 3. The predicted molar refractivity (Wildman–Crippen MR) is 148 cm³/mol. The Labute approximate surface area is 231 Å². The molecule has 10 heteroatoms. The molecule has 0 aliphatic carbocycles. The van der Waals surface area contributed by atoms with Crippen LogP contribution in [0.2, 0.25) is 0 Å². The molecule has 1 fully saturated rings. The van der Waals surface area contributed by atoms with Crippen LogP contribution in [0.25, 0.3) is 6.08 Å². The van der Waals surface area contributed by atoms with Gasteiger partial charge in [0.15, 0.2) is 5.11 Å². The van der Waals surface area contributed by atoms with Gasteiger partial charge in [-0.05, 0) is 93.7 Å². The minimum Gasteiger partial charge on any atom is -0.487 e. The second kappa shape index (κ2) is 11.5. The summed E-state index contributed by atoms with van der Waals surface area (Å²) < 4.78 is 21.0. The third-order valence-electron chi connectivity index (χ3n) is 5.60. The summed E-state index contributed by atoms with van der Waals surface area (Å²) in [5.74, 6) is -2.59. The van der Waals surface area contributed by atoms with Gasteiger partial charge < -0.3 is 9.84 Å². The summed E-state index contributed by atoms with van der Waals surface area (Å²) in [4.78, 5) is 37.9. The van der Waals surface area contributed by atoms with Crippen LogP contribution in [-0.4, -0.2) is 28.0 Å². The Morgan fingerprint density at radius 2 is 1.87 bits per heavy atom. The number of allylic oxidation sites excluding steroid dienone is 1. The highest BCUT2D eigenvalue weighted by molar-refractivity contribution is 9.10. The van der Waals surface area contributed by atoms with E-state index in [4.69, 9.17) is 22.1 Å². The molecule has 1 saturated heterocycles. The first-order valence-electron chi connectivity index (χ1n) is 11.2. The van der Waals surface area contributed by atoms with Crippen LogP contribution in [0.5, 0.6) is 5.75 Å². The van der Waals surface area contributed by atoms with Crippen LogP contribution in [0.1, 0.15) is 27.0 Å². The van der Waals surface area contributed by atoms with Gasteiger partial charge in [0.05, 0.1) is 15.7 Å². The first-order chi connectivity index (χ1) is 18.2. The molecule has 0 saturated carbocycles. The lowest BCUT2D eigenvalue weighted by atomic mass is 10.0. The highest BCUT2D eigenvalue weighted by Crippen LogP contribution is 2.34. The van der Waals surface area contributed by atoms with Crippen LogP contribution >= 0.6 is 28.1 Å². The van der Waals surface area contributed by atoms with Gasteiger partial charge in [0.25, 0.3) is 11.8 Å². The van der Waals surface area contributed by atoms with E-state index >= 15 is 0 Å². The number of carbonyl (C=O) groups excluding carboxylic acids is 2. The second-order valence-electron chi connectivity index (χ2n) is 8.18. The van der Waals surface area contributed by atoms with Crippen molar-refractivity contribution in [2.24, 2.45) is 0 Å². The van der Waals surface area contributed by atoms with E-state index in [0.29, 0.717) is 22.2 Å². The van der Waals surface area contributed by atoms with Gasteiger partial charge in [0.1, 0.15) is 23.7 Å². The Balaban J connectivity index is 1.64. The maximum atomic E-state index is 14.4. The van der Waals surface area contributed by atoms with Crippen LogP contribution in [0.4, 0.5) is 10.1 Å². The lowest BCUT2D eigenvalue weighted by Gasteiger charge is -2.29. The number of nitrogens with one attached hydrogen (secondary N) is 1. The van der Waals surface area contributed by atoms with Crippen molar-refractivity contribution in [1.82, 2.24) is 5.32 Å². The summed E-state index contributed by atoms with van der Waals surface area (Å²) in [6, 6.07) is 15.4. The number of halogens is 2. The van der Waals surface area contributed by atoms with Crippen LogP contribution in [0, 0.1) is 5.82 Å². The Morgan fingerprint density at radius 3 is 2.53 bits per heavy atom. The molecule has 2 N–H and O–H groups in total. The van der Waals surface area contributed by atoms with Crippen molar-refractivity contribution in [3.05, 3.63) is 111 Å². The molecule has 0 bridgehead atoms. The van der Waals surface area contributed by atoms with Crippen molar-refractivity contribution < 1.29 is 28.6 Å². The Hall–Kier alpha value is -4.15. The molecule has 0 spiro atoms. The van der Waals surface area contributed by atoms with Crippen molar-refractivity contribution >= 4 is 62.8 Å². The normalized spacial score (nSPS) is 14.4. The minimum atomic E-state index is -1.01. The quantitative estimate of drug-likeness (QED) is 0.156. The lowest BCUT2D eigenvalue weighted by Crippen LogP contribution is -2.54. The number of thiocarbonyl (C=S) groups is 1. The number of amides is 2. The summed E-state index contributed by atoms with van der Waals surface area (Å²) in [6.07, 6.45) is 3.51. The minimum absolute atomic E-state index is 0.0675. The van der Waals surface area contributed by atoms with E-state index in [-0.39, 0.29) is 28.5 Å². The zero-order valence-corrected chi connectivity index (χ0v) is 22.1. The van der Waals surface area contributed by atoms with Gasteiger partial charge >= 0.3 is 5.97 Å². The van der Waals surface area contributed by atoms with Crippen molar-refractivity contribution in [3.63, 3.8) is 0 Å². The lowest BCUT2D eigenvalue weighted by molar-refractivity contribution is -0.122. The molecule has 0 radical (unpaired) electrons. The number of ether oxygens (including phenoxy) is 1. The fourth-order valence-electron chi connectivity index (χ4n) is 3.80. The SMILES string of the molecule is C=CCc1cc(/C=C2\C(=O)NC(=S)N(c3ccccc3F)C2=O)cc(Br)c1OCc1ccc(C(=O)O)cc1. The number of anilines is 1. The average molecular weight is 595 g/mol. The molecule has 2 amide bonds. The van der Waals surface area contributed by atoms with E-state index in [1.165, 1.54) is 36.4 Å². The van der Waals surface area contributed by atoms with Crippen LogP contribution in [0.15, 0.2) is 83.4 Å². The van der Waals surface area contributed by atoms with Crippen molar-refractivity contribution in [3.8, 4) is 5.75 Å². The van der Waals surface area contributed by atoms with Gasteiger partial charge in [-0.3, -0.25) is 14.9 Å². The van der Waals surface area contributed by atoms with Crippen molar-refractivity contribution in [2.45, 2.75) is 13.0 Å². The summed E-state index contributed by atoms with van der Waals surface area (Å²) in [6.45, 7) is 3.96. The number of hydrogen-bond donors (Lipinski definition) is 2. The molecule has 3 aromatic carbocycles. The topological polar surface area (TPSA) is 95.9 Å². The van der Waals surface area contributed by atoms with Gasteiger partial charge in [-0.15, -0.1) is 6.58 Å². The van der Waals surface area contributed by atoms with E-state index in [0.717, 1.165) is 16.0 Å². The predicted octanol–water partition coefficient (Wildman–Crippen LogP) is 5.43. The van der Waals surface area contributed by atoms with Gasteiger partial charge in [-0.25, -0.2) is 14.1 Å². The second-order valence-corrected chi connectivity index (χ2v) is 9.42. The number of carboxylic acid groups (broad SMARTS) is 1. The standard InChI is InChI=1S/C28H20BrFN2O5S/c1-2-5-19-12-17(14-21(29)24(19)37-15-16-8-10-18(11-9-16)27(35)36)13-20-25(33)31-28(38)32(26(20)34)23-7-4-3-6-22(23)30/h2-4,6-14H,1,5,15H2,(H,35,36)(H,31,33,38)/b20-13+. The van der Waals surface area contributed by atoms with Crippen LogP contribution < -0.4 is 15.0 Å². The molecule has 192 valence electrons. The van der Waals surface area contributed by atoms with Gasteiger partial charge in [0.2, 0.25) is 0 Å². The fourth-order valence-corrected chi connectivity index (χ4v) is 4.71. The molecule has 7 nitrogen and oxygen atoms in total. The fraction of sp³-hybridized carbons (Fsp3) is 0.0714. The first kappa shape index (κ1) is 26.9. The third-order valence-corrected chi connectivity index (χ3v) is 6.47. The van der Waals surface area contributed by atoms with Crippen molar-refractivity contribution in [2.75, 3.05) is 4.90 Å². The van der Waals surface area contributed by atoms with Crippen LogP contribution in [0.3, 0.4) is 0 Å². The van der Waals surface area contributed by atoms with E-state index in [9.17, 15) is 18.8 Å². The van der Waals surface area contributed by atoms with E-state index in [1.54, 1.807) is 36.4 Å². The number of para-hydroxylation sites is 1. The highest BCUT2D eigenvalue weighted by Gasteiger charge is 2.35. The summed E-state index contributed by atoms with van der Waals surface area (Å²) >= 11 is 8.64. The number of benzene rings is 3. The maximum Gasteiger partial charge on any atom is 0.335 e. The van der Waals surface area contributed by atoms with E-state index in [1.807, 2.05) is 0 Å². The first-order valence-corrected chi connectivity index (χ1v) is 12.4. The highest BCUT2D eigenvalue weighted by atomic mass is 79.9. The molecule has 4 rings (SSSR count). The molecule has 38 heavy (non-hydrogen) atoms. The third kappa shape index (κ3) is 5.71. The van der Waals surface area contributed by atoms with Crippen LogP contribution in [-0.2, 0) is 22.6 Å². The maximum absolute atomic E-state index is 14.4. The molecular weight excluding hydrogens is 575 g/mol. The van der Waals surface area contributed by atoms with E-state index < -0.39 is 23.6 Å². The van der Waals surface area contributed by atoms with Gasteiger partial charge in [-0.2, -0.15) is 0 Å².